The average molecular weight is 237 g/mol. The molecule has 0 aliphatic heterocycles. The molecule has 2 N–H and O–H groups in total. The summed E-state index contributed by atoms with van der Waals surface area (Å²) < 4.78 is 5.29. The van der Waals surface area contributed by atoms with Crippen LogP contribution in [0.3, 0.4) is 0 Å². The zero-order valence-corrected chi connectivity index (χ0v) is 10.5. The molecule has 0 atom stereocenters. The second-order valence-corrected chi connectivity index (χ2v) is 5.55. The van der Waals surface area contributed by atoms with E-state index in [-0.39, 0.29) is 11.6 Å². The fraction of sp³-hybridized carbons (Fsp3) is 0.667. The summed E-state index contributed by atoms with van der Waals surface area (Å²) in [4.78, 5) is 11.8. The Balaban J connectivity index is 2.04. The lowest BCUT2D eigenvalue weighted by molar-refractivity contribution is 0.0377. The average Bonchev–Trinajstić information content (AvgIpc) is 2.60. The highest BCUT2D eigenvalue weighted by Crippen LogP contribution is 2.40. The van der Waals surface area contributed by atoms with Crippen molar-refractivity contribution in [3.63, 3.8) is 0 Å². The van der Waals surface area contributed by atoms with E-state index in [9.17, 15) is 4.79 Å². The Bertz CT molecular complexity index is 388. The van der Waals surface area contributed by atoms with Crippen LogP contribution in [0.25, 0.3) is 0 Å². The van der Waals surface area contributed by atoms with Crippen LogP contribution in [0, 0.1) is 0 Å². The lowest BCUT2D eigenvalue weighted by Gasteiger charge is -2.42. The monoisotopic (exact) mass is 237 g/mol. The maximum atomic E-state index is 11.8. The van der Waals surface area contributed by atoms with Crippen molar-refractivity contribution >= 4 is 6.09 Å². The summed E-state index contributed by atoms with van der Waals surface area (Å²) in [5, 5.41) is 9.69. The lowest BCUT2D eigenvalue weighted by atomic mass is 9.73. The van der Waals surface area contributed by atoms with Gasteiger partial charge in [-0.1, -0.05) is 0 Å². The third kappa shape index (κ3) is 2.60. The van der Waals surface area contributed by atoms with Gasteiger partial charge in [-0.05, 0) is 40.0 Å². The minimum atomic E-state index is -0.467. The first-order valence-corrected chi connectivity index (χ1v) is 5.92. The normalized spacial score (nSPS) is 18.3. The Kier molecular flexibility index (Phi) is 2.85. The molecule has 1 heterocycles. The van der Waals surface area contributed by atoms with Crippen LogP contribution in [0.15, 0.2) is 12.4 Å². The van der Waals surface area contributed by atoms with Crippen LogP contribution in [-0.2, 0) is 10.3 Å². The third-order valence-corrected chi connectivity index (χ3v) is 3.00. The number of alkyl carbamates (subject to hydrolysis) is 1. The van der Waals surface area contributed by atoms with Gasteiger partial charge in [-0.25, -0.2) is 4.79 Å². The smallest absolute Gasteiger partial charge is 0.408 e. The van der Waals surface area contributed by atoms with Crippen molar-refractivity contribution in [1.29, 1.82) is 0 Å². The zero-order chi connectivity index (χ0) is 12.5. The number of aromatic nitrogens is 2. The van der Waals surface area contributed by atoms with E-state index in [1.165, 1.54) is 0 Å². The van der Waals surface area contributed by atoms with Crippen LogP contribution >= 0.6 is 0 Å². The molecule has 1 saturated carbocycles. The van der Waals surface area contributed by atoms with Gasteiger partial charge in [0.15, 0.2) is 0 Å². The van der Waals surface area contributed by atoms with Gasteiger partial charge < -0.3 is 10.1 Å². The number of hydrogen-bond acceptors (Lipinski definition) is 3. The predicted octanol–water partition coefficient (Wildman–Crippen LogP) is 2.31. The molecule has 0 unspecified atom stereocenters. The van der Waals surface area contributed by atoms with Crippen molar-refractivity contribution in [1.82, 2.24) is 15.5 Å². The molecule has 1 fully saturated rings. The summed E-state index contributed by atoms with van der Waals surface area (Å²) in [6.45, 7) is 5.58. The van der Waals surface area contributed by atoms with E-state index in [0.717, 1.165) is 24.8 Å². The SMILES string of the molecule is CC(C)(C)OC(=O)NC1(c2cn[nH]c2)CCC1. The Hall–Kier alpha value is -1.52. The fourth-order valence-electron chi connectivity index (χ4n) is 2.03. The third-order valence-electron chi connectivity index (χ3n) is 3.00. The van der Waals surface area contributed by atoms with E-state index in [4.69, 9.17) is 4.74 Å². The van der Waals surface area contributed by atoms with Crippen molar-refractivity contribution in [3.8, 4) is 0 Å². The number of nitrogens with zero attached hydrogens (tertiary/aromatic N) is 1. The lowest BCUT2D eigenvalue weighted by Crippen LogP contribution is -2.51. The van der Waals surface area contributed by atoms with E-state index in [2.05, 4.69) is 15.5 Å². The minimum absolute atomic E-state index is 0.282. The van der Waals surface area contributed by atoms with Crippen LogP contribution < -0.4 is 5.32 Å². The molecule has 0 radical (unpaired) electrons. The summed E-state index contributed by atoms with van der Waals surface area (Å²) in [6, 6.07) is 0. The quantitative estimate of drug-likeness (QED) is 0.829. The van der Waals surface area contributed by atoms with Crippen molar-refractivity contribution in [3.05, 3.63) is 18.0 Å². The Morgan fingerprint density at radius 3 is 2.65 bits per heavy atom. The molecule has 0 aromatic carbocycles. The minimum Gasteiger partial charge on any atom is -0.444 e. The van der Waals surface area contributed by atoms with Gasteiger partial charge in [0.05, 0.1) is 11.7 Å². The van der Waals surface area contributed by atoms with Gasteiger partial charge in [-0.3, -0.25) is 5.10 Å². The Labute approximate surface area is 101 Å². The van der Waals surface area contributed by atoms with Crippen LogP contribution in [0.5, 0.6) is 0 Å². The van der Waals surface area contributed by atoms with Crippen molar-refractivity contribution in [2.75, 3.05) is 0 Å². The number of nitrogens with one attached hydrogen (secondary N) is 2. The highest BCUT2D eigenvalue weighted by Gasteiger charge is 2.41. The highest BCUT2D eigenvalue weighted by molar-refractivity contribution is 5.69. The van der Waals surface area contributed by atoms with Crippen molar-refractivity contribution < 1.29 is 9.53 Å². The van der Waals surface area contributed by atoms with Gasteiger partial charge in [-0.2, -0.15) is 5.10 Å². The number of carbonyl (C=O) groups excluding carboxylic acids is 1. The number of H-pyrrole nitrogens is 1. The van der Waals surface area contributed by atoms with E-state index >= 15 is 0 Å². The predicted molar refractivity (Wildman–Crippen MR) is 63.5 cm³/mol. The molecule has 1 aliphatic rings. The number of ether oxygens (including phenoxy) is 1. The van der Waals surface area contributed by atoms with Crippen LogP contribution in [-0.4, -0.2) is 21.9 Å². The molecule has 0 saturated heterocycles. The summed E-state index contributed by atoms with van der Waals surface area (Å²) in [5.74, 6) is 0. The molecule has 94 valence electrons. The number of rotatable bonds is 2. The maximum Gasteiger partial charge on any atom is 0.408 e. The van der Waals surface area contributed by atoms with Gasteiger partial charge in [0.25, 0.3) is 0 Å². The maximum absolute atomic E-state index is 11.8. The van der Waals surface area contributed by atoms with Gasteiger partial charge in [0.1, 0.15) is 5.60 Å². The van der Waals surface area contributed by atoms with Gasteiger partial charge in [0, 0.05) is 11.8 Å². The molecule has 1 aliphatic carbocycles. The van der Waals surface area contributed by atoms with Crippen molar-refractivity contribution in [2.24, 2.45) is 0 Å². The van der Waals surface area contributed by atoms with E-state index in [1.807, 2.05) is 27.0 Å². The number of amides is 1. The zero-order valence-electron chi connectivity index (χ0n) is 10.5. The second-order valence-electron chi connectivity index (χ2n) is 5.55. The summed E-state index contributed by atoms with van der Waals surface area (Å²) in [7, 11) is 0. The molecule has 1 aromatic rings. The standard InChI is InChI=1S/C12H19N3O2/c1-11(2,3)17-10(16)15-12(5-4-6-12)9-7-13-14-8-9/h7-8H,4-6H2,1-3H3,(H,13,14)(H,15,16). The number of carbonyl (C=O) groups is 1. The molecule has 0 bridgehead atoms. The van der Waals surface area contributed by atoms with Crippen LogP contribution in [0.2, 0.25) is 0 Å². The molecule has 2 rings (SSSR count). The molecular weight excluding hydrogens is 218 g/mol. The summed E-state index contributed by atoms with van der Waals surface area (Å²) in [5.41, 5.74) is 0.274. The van der Waals surface area contributed by atoms with E-state index in [0.29, 0.717) is 0 Å². The largest absolute Gasteiger partial charge is 0.444 e. The second kappa shape index (κ2) is 4.05. The van der Waals surface area contributed by atoms with Gasteiger partial charge in [-0.15, -0.1) is 0 Å². The van der Waals surface area contributed by atoms with Crippen LogP contribution in [0.1, 0.15) is 45.6 Å². The number of hydrogen-bond donors (Lipinski definition) is 2. The first-order chi connectivity index (χ1) is 7.91. The first kappa shape index (κ1) is 12.0. The summed E-state index contributed by atoms with van der Waals surface area (Å²) >= 11 is 0. The molecule has 1 aromatic heterocycles. The Morgan fingerprint density at radius 1 is 1.53 bits per heavy atom. The molecular formula is C12H19N3O2. The van der Waals surface area contributed by atoms with Crippen LogP contribution in [0.4, 0.5) is 4.79 Å². The highest BCUT2D eigenvalue weighted by atomic mass is 16.6. The Morgan fingerprint density at radius 2 is 2.24 bits per heavy atom. The fourth-order valence-corrected chi connectivity index (χ4v) is 2.03. The molecule has 1 amide bonds. The first-order valence-electron chi connectivity index (χ1n) is 5.92. The van der Waals surface area contributed by atoms with Gasteiger partial charge >= 0.3 is 6.09 Å². The molecule has 0 spiro atoms. The van der Waals surface area contributed by atoms with E-state index in [1.54, 1.807) is 6.20 Å². The molecule has 5 nitrogen and oxygen atoms in total. The van der Waals surface area contributed by atoms with Gasteiger partial charge in [0.2, 0.25) is 0 Å². The molecule has 17 heavy (non-hydrogen) atoms. The topological polar surface area (TPSA) is 67.0 Å². The van der Waals surface area contributed by atoms with Crippen molar-refractivity contribution in [2.45, 2.75) is 51.2 Å². The summed E-state index contributed by atoms with van der Waals surface area (Å²) in [6.07, 6.45) is 6.21. The number of aromatic amines is 1. The molecule has 5 heteroatoms. The van der Waals surface area contributed by atoms with E-state index < -0.39 is 5.60 Å².